The molecule has 0 spiro atoms. The number of unbranched alkanes of at least 4 members (excludes halogenated alkanes) is 1. The number of rotatable bonds is 11. The van der Waals surface area contributed by atoms with Gasteiger partial charge >= 0.3 is 0 Å². The summed E-state index contributed by atoms with van der Waals surface area (Å²) in [5.41, 5.74) is 0. The summed E-state index contributed by atoms with van der Waals surface area (Å²) in [6, 6.07) is 0. The molecular formula is C13H28ClNO. The van der Waals surface area contributed by atoms with E-state index in [0.717, 1.165) is 25.6 Å². The van der Waals surface area contributed by atoms with Gasteiger partial charge in [-0.3, -0.25) is 4.90 Å². The predicted octanol–water partition coefficient (Wildman–Crippen LogP) is 3.39. The third-order valence-corrected chi connectivity index (χ3v) is 3.24. The number of ether oxygens (including phenoxy) is 1. The lowest BCUT2D eigenvalue weighted by atomic mass is 9.99. The maximum absolute atomic E-state index is 5.82. The molecule has 0 aromatic carbocycles. The first-order chi connectivity index (χ1) is 7.78. The van der Waals surface area contributed by atoms with Gasteiger partial charge in [0.25, 0.3) is 0 Å². The van der Waals surface area contributed by atoms with Crippen molar-refractivity contribution >= 4 is 11.6 Å². The topological polar surface area (TPSA) is 12.5 Å². The predicted molar refractivity (Wildman–Crippen MR) is 72.3 cm³/mol. The summed E-state index contributed by atoms with van der Waals surface area (Å²) < 4.78 is 5.13. The first kappa shape index (κ1) is 16.2. The van der Waals surface area contributed by atoms with E-state index >= 15 is 0 Å². The fraction of sp³-hybridized carbons (Fsp3) is 1.00. The van der Waals surface area contributed by atoms with Crippen LogP contribution in [0.3, 0.4) is 0 Å². The molecule has 0 amide bonds. The van der Waals surface area contributed by atoms with Gasteiger partial charge in [-0.25, -0.2) is 0 Å². The first-order valence-electron chi connectivity index (χ1n) is 6.55. The van der Waals surface area contributed by atoms with E-state index in [2.05, 4.69) is 18.7 Å². The normalized spacial score (nSPS) is 13.3. The van der Waals surface area contributed by atoms with Gasteiger partial charge in [-0.2, -0.15) is 0 Å². The average Bonchev–Trinajstić information content (AvgIpc) is 2.31. The van der Waals surface area contributed by atoms with E-state index in [0.29, 0.717) is 5.88 Å². The molecule has 0 aliphatic heterocycles. The fourth-order valence-electron chi connectivity index (χ4n) is 1.92. The highest BCUT2D eigenvalue weighted by Gasteiger charge is 2.11. The van der Waals surface area contributed by atoms with Crippen LogP contribution in [0.5, 0.6) is 0 Å². The SMILES string of the molecule is CCCCC(CC)CN(CCCl)CCOC. The third-order valence-electron chi connectivity index (χ3n) is 3.07. The van der Waals surface area contributed by atoms with Crippen LogP contribution in [0.2, 0.25) is 0 Å². The zero-order valence-corrected chi connectivity index (χ0v) is 11.9. The van der Waals surface area contributed by atoms with Crippen molar-refractivity contribution in [2.45, 2.75) is 39.5 Å². The monoisotopic (exact) mass is 249 g/mol. The molecule has 0 radical (unpaired) electrons. The zero-order chi connectivity index (χ0) is 12.2. The summed E-state index contributed by atoms with van der Waals surface area (Å²) in [5, 5.41) is 0. The van der Waals surface area contributed by atoms with Crippen molar-refractivity contribution < 1.29 is 4.74 Å². The van der Waals surface area contributed by atoms with Gasteiger partial charge in [0.15, 0.2) is 0 Å². The Morgan fingerprint density at radius 2 is 2.00 bits per heavy atom. The zero-order valence-electron chi connectivity index (χ0n) is 11.2. The summed E-state index contributed by atoms with van der Waals surface area (Å²) in [5.74, 6) is 1.54. The Balaban J connectivity index is 3.90. The summed E-state index contributed by atoms with van der Waals surface area (Å²) in [7, 11) is 1.76. The molecule has 1 atom stereocenters. The van der Waals surface area contributed by atoms with E-state index in [4.69, 9.17) is 16.3 Å². The Morgan fingerprint density at radius 1 is 1.25 bits per heavy atom. The average molecular weight is 250 g/mol. The van der Waals surface area contributed by atoms with E-state index in [-0.39, 0.29) is 0 Å². The van der Waals surface area contributed by atoms with Gasteiger partial charge < -0.3 is 4.74 Å². The number of nitrogens with zero attached hydrogens (tertiary/aromatic N) is 1. The van der Waals surface area contributed by atoms with E-state index in [1.807, 2.05) is 0 Å². The second-order valence-corrected chi connectivity index (χ2v) is 4.78. The molecule has 3 heteroatoms. The van der Waals surface area contributed by atoms with Gasteiger partial charge in [0.1, 0.15) is 0 Å². The summed E-state index contributed by atoms with van der Waals surface area (Å²) in [6.45, 7) is 8.51. The number of halogens is 1. The number of alkyl halides is 1. The maximum Gasteiger partial charge on any atom is 0.0589 e. The molecule has 16 heavy (non-hydrogen) atoms. The number of hydrogen-bond acceptors (Lipinski definition) is 2. The molecule has 0 heterocycles. The Hall–Kier alpha value is 0.210. The number of methoxy groups -OCH3 is 1. The molecule has 0 aromatic heterocycles. The second-order valence-electron chi connectivity index (χ2n) is 4.40. The highest BCUT2D eigenvalue weighted by Crippen LogP contribution is 2.14. The molecule has 0 saturated carbocycles. The van der Waals surface area contributed by atoms with Crippen LogP contribution in [0.4, 0.5) is 0 Å². The molecule has 0 aliphatic rings. The van der Waals surface area contributed by atoms with Crippen molar-refractivity contribution in [2.24, 2.45) is 5.92 Å². The molecule has 1 unspecified atom stereocenters. The van der Waals surface area contributed by atoms with E-state index in [1.165, 1.54) is 32.2 Å². The van der Waals surface area contributed by atoms with Crippen LogP contribution in [0.15, 0.2) is 0 Å². The molecule has 98 valence electrons. The molecule has 0 bridgehead atoms. The number of hydrogen-bond donors (Lipinski definition) is 0. The van der Waals surface area contributed by atoms with Crippen LogP contribution in [0, 0.1) is 5.92 Å². The van der Waals surface area contributed by atoms with Crippen molar-refractivity contribution in [3.8, 4) is 0 Å². The molecule has 0 fully saturated rings. The third kappa shape index (κ3) is 8.37. The fourth-order valence-corrected chi connectivity index (χ4v) is 2.16. The molecule has 0 saturated heterocycles. The molecule has 2 nitrogen and oxygen atoms in total. The van der Waals surface area contributed by atoms with Crippen LogP contribution >= 0.6 is 11.6 Å². The lowest BCUT2D eigenvalue weighted by Gasteiger charge is -2.26. The highest BCUT2D eigenvalue weighted by atomic mass is 35.5. The van der Waals surface area contributed by atoms with Crippen LogP contribution in [-0.4, -0.2) is 44.1 Å². The molecule has 0 aromatic rings. The Morgan fingerprint density at radius 3 is 2.50 bits per heavy atom. The summed E-state index contributed by atoms with van der Waals surface area (Å²) in [4.78, 5) is 2.43. The van der Waals surface area contributed by atoms with Gasteiger partial charge in [0.05, 0.1) is 6.61 Å². The van der Waals surface area contributed by atoms with Crippen molar-refractivity contribution in [2.75, 3.05) is 39.2 Å². The van der Waals surface area contributed by atoms with E-state index in [1.54, 1.807) is 7.11 Å². The van der Waals surface area contributed by atoms with Crippen molar-refractivity contribution in [3.63, 3.8) is 0 Å². The van der Waals surface area contributed by atoms with Gasteiger partial charge in [-0.1, -0.05) is 33.1 Å². The van der Waals surface area contributed by atoms with Crippen LogP contribution < -0.4 is 0 Å². The minimum absolute atomic E-state index is 0.716. The first-order valence-corrected chi connectivity index (χ1v) is 7.09. The lowest BCUT2D eigenvalue weighted by molar-refractivity contribution is 0.138. The molecule has 0 N–H and O–H groups in total. The van der Waals surface area contributed by atoms with Crippen LogP contribution in [-0.2, 0) is 4.74 Å². The minimum Gasteiger partial charge on any atom is -0.383 e. The second kappa shape index (κ2) is 11.7. The smallest absolute Gasteiger partial charge is 0.0589 e. The maximum atomic E-state index is 5.82. The Labute approximate surface area is 106 Å². The lowest BCUT2D eigenvalue weighted by Crippen LogP contribution is -2.34. The van der Waals surface area contributed by atoms with Gasteiger partial charge in [0, 0.05) is 32.6 Å². The van der Waals surface area contributed by atoms with Crippen molar-refractivity contribution in [1.29, 1.82) is 0 Å². The van der Waals surface area contributed by atoms with Gasteiger partial charge in [0.2, 0.25) is 0 Å². The van der Waals surface area contributed by atoms with E-state index in [9.17, 15) is 0 Å². The minimum atomic E-state index is 0.716. The largest absolute Gasteiger partial charge is 0.383 e. The molecular weight excluding hydrogens is 222 g/mol. The van der Waals surface area contributed by atoms with Crippen LogP contribution in [0.25, 0.3) is 0 Å². The van der Waals surface area contributed by atoms with Crippen LogP contribution in [0.1, 0.15) is 39.5 Å². The van der Waals surface area contributed by atoms with Gasteiger partial charge in [-0.05, 0) is 12.3 Å². The van der Waals surface area contributed by atoms with Crippen molar-refractivity contribution in [3.05, 3.63) is 0 Å². The molecule has 0 aliphatic carbocycles. The van der Waals surface area contributed by atoms with E-state index < -0.39 is 0 Å². The van der Waals surface area contributed by atoms with Crippen molar-refractivity contribution in [1.82, 2.24) is 4.90 Å². The molecule has 0 rings (SSSR count). The Bertz CT molecular complexity index is 144. The quantitative estimate of drug-likeness (QED) is 0.521. The summed E-state index contributed by atoms with van der Waals surface area (Å²) >= 11 is 5.82. The Kier molecular flexibility index (Phi) is 11.8. The standard InChI is InChI=1S/C13H28ClNO/c1-4-6-7-13(5-2)12-15(9-8-14)10-11-16-3/h13H,4-12H2,1-3H3. The van der Waals surface area contributed by atoms with Gasteiger partial charge in [-0.15, -0.1) is 11.6 Å². The summed E-state index contributed by atoms with van der Waals surface area (Å²) in [6.07, 6.45) is 5.26. The highest BCUT2D eigenvalue weighted by molar-refractivity contribution is 6.18.